The number of unbranched alkanes of at least 4 members (excludes halogenated alkanes) is 3. The molecule has 0 aliphatic heterocycles. The molecular formula is C28H45NO3SSn. The normalized spacial score (nSPS) is 14.3. The van der Waals surface area contributed by atoms with Crippen LogP contribution in [0.15, 0.2) is 65.6 Å². The van der Waals surface area contributed by atoms with E-state index in [-0.39, 0.29) is 10.7 Å². The van der Waals surface area contributed by atoms with Gasteiger partial charge in [0, 0.05) is 0 Å². The molecule has 0 heterocycles. The second kappa shape index (κ2) is 14.6. The summed E-state index contributed by atoms with van der Waals surface area (Å²) in [6.45, 7) is 8.67. The fourth-order valence-electron chi connectivity index (χ4n) is 5.23. The van der Waals surface area contributed by atoms with E-state index in [1.54, 1.807) is 28.6 Å². The molecule has 2 aromatic rings. The van der Waals surface area contributed by atoms with E-state index >= 15 is 0 Å². The first-order valence-corrected chi connectivity index (χ1v) is 22.3. The summed E-state index contributed by atoms with van der Waals surface area (Å²) in [5.41, 5.74) is 0.859. The minimum absolute atomic E-state index is 0.0403. The van der Waals surface area contributed by atoms with Gasteiger partial charge in [0.15, 0.2) is 0 Å². The second-order valence-corrected chi connectivity index (χ2v) is 25.9. The van der Waals surface area contributed by atoms with E-state index in [0.29, 0.717) is 4.90 Å². The number of hydrogen-bond acceptors (Lipinski definition) is 3. The summed E-state index contributed by atoms with van der Waals surface area (Å²) in [5.74, 6) is 0. The third-order valence-electron chi connectivity index (χ3n) is 7.34. The Hall–Kier alpha value is -0.891. The van der Waals surface area contributed by atoms with Crippen LogP contribution in [0.5, 0.6) is 0 Å². The summed E-state index contributed by atoms with van der Waals surface area (Å²) >= 11 is -3.02. The Morgan fingerprint density at radius 3 is 1.65 bits per heavy atom. The third kappa shape index (κ3) is 7.31. The summed E-state index contributed by atoms with van der Waals surface area (Å²) in [4.78, 5) is 0.317. The molecule has 2 atom stereocenters. The average Bonchev–Trinajstić information content (AvgIpc) is 2.87. The van der Waals surface area contributed by atoms with Crippen molar-refractivity contribution in [1.29, 1.82) is 0 Å². The van der Waals surface area contributed by atoms with Gasteiger partial charge in [-0.15, -0.1) is 0 Å². The van der Waals surface area contributed by atoms with E-state index < -0.39 is 34.4 Å². The van der Waals surface area contributed by atoms with Gasteiger partial charge in [0.05, 0.1) is 0 Å². The molecule has 2 aromatic carbocycles. The topological polar surface area (TPSA) is 57.6 Å². The maximum atomic E-state index is 14.3. The number of sulfonamides is 1. The fraction of sp³-hybridized carbons (Fsp3) is 0.571. The Balaban J connectivity index is 2.70. The number of benzene rings is 2. The number of nitrogens with zero attached hydrogens (tertiary/aromatic N) is 1. The minimum atomic E-state index is -3.79. The van der Waals surface area contributed by atoms with Crippen LogP contribution in [0.3, 0.4) is 0 Å². The molecule has 0 saturated carbocycles. The van der Waals surface area contributed by atoms with E-state index in [1.165, 1.54) is 32.6 Å². The van der Waals surface area contributed by atoms with Gasteiger partial charge in [-0.25, -0.2) is 0 Å². The molecule has 0 amide bonds. The summed E-state index contributed by atoms with van der Waals surface area (Å²) in [6, 6.07) is 17.9. The molecule has 0 aliphatic rings. The maximum absolute atomic E-state index is 14.3. The van der Waals surface area contributed by atoms with Crippen LogP contribution >= 0.6 is 0 Å². The molecule has 6 heteroatoms. The first-order chi connectivity index (χ1) is 16.4. The van der Waals surface area contributed by atoms with Gasteiger partial charge < -0.3 is 0 Å². The first kappa shape index (κ1) is 29.3. The molecule has 2 rings (SSSR count). The van der Waals surface area contributed by atoms with Gasteiger partial charge >= 0.3 is 214 Å². The van der Waals surface area contributed by atoms with E-state index in [4.69, 9.17) is 0 Å². The van der Waals surface area contributed by atoms with Crippen molar-refractivity contribution in [1.82, 2.24) is 4.31 Å². The van der Waals surface area contributed by atoms with E-state index in [0.717, 1.165) is 24.8 Å². The van der Waals surface area contributed by atoms with Gasteiger partial charge in [0.1, 0.15) is 0 Å². The Morgan fingerprint density at radius 2 is 1.24 bits per heavy atom. The van der Waals surface area contributed by atoms with Crippen molar-refractivity contribution < 1.29 is 13.5 Å². The number of aliphatic hydroxyl groups excluding tert-OH is 1. The molecular weight excluding hydrogens is 549 g/mol. The summed E-state index contributed by atoms with van der Waals surface area (Å²) in [7, 11) is -3.79. The number of hydrogen-bond donors (Lipinski definition) is 1. The molecule has 0 bridgehead atoms. The SMILES string of the molecule is CCC[CH2][Sn]([CH2]CCC)([CH2]CCC)[C@@H](C)N([C@@H](CO)c1ccccc1)S(=O)(=O)c1ccccc1. The van der Waals surface area contributed by atoms with Gasteiger partial charge in [0.25, 0.3) is 0 Å². The Bertz CT molecular complexity index is 899. The van der Waals surface area contributed by atoms with Gasteiger partial charge in [-0.05, 0) is 0 Å². The number of aliphatic hydroxyl groups is 1. The van der Waals surface area contributed by atoms with Gasteiger partial charge in [-0.3, -0.25) is 0 Å². The van der Waals surface area contributed by atoms with Crippen molar-refractivity contribution in [3.63, 3.8) is 0 Å². The molecule has 0 aromatic heterocycles. The molecule has 0 spiro atoms. The Morgan fingerprint density at radius 1 is 0.794 bits per heavy atom. The molecule has 190 valence electrons. The molecule has 0 unspecified atom stereocenters. The van der Waals surface area contributed by atoms with Gasteiger partial charge in [0.2, 0.25) is 0 Å². The molecule has 0 fully saturated rings. The van der Waals surface area contributed by atoms with Crippen molar-refractivity contribution in [2.75, 3.05) is 6.61 Å². The summed E-state index contributed by atoms with van der Waals surface area (Å²) in [6.07, 6.45) is 6.91. The van der Waals surface area contributed by atoms with Crippen LogP contribution in [0.25, 0.3) is 0 Å². The van der Waals surface area contributed by atoms with E-state index in [2.05, 4.69) is 27.7 Å². The van der Waals surface area contributed by atoms with Crippen molar-refractivity contribution in [2.45, 2.75) is 94.5 Å². The van der Waals surface area contributed by atoms with Crippen LogP contribution in [0.2, 0.25) is 13.3 Å². The number of rotatable bonds is 16. The predicted octanol–water partition coefficient (Wildman–Crippen LogP) is 7.19. The van der Waals surface area contributed by atoms with Crippen LogP contribution in [-0.2, 0) is 10.0 Å². The van der Waals surface area contributed by atoms with Crippen molar-refractivity contribution in [2.24, 2.45) is 0 Å². The zero-order valence-electron chi connectivity index (χ0n) is 21.6. The summed E-state index contributed by atoms with van der Waals surface area (Å²) < 4.78 is 33.9. The average molecular weight is 594 g/mol. The fourth-order valence-corrected chi connectivity index (χ4v) is 26.4. The Labute approximate surface area is 212 Å². The van der Waals surface area contributed by atoms with Crippen molar-refractivity contribution >= 4 is 28.4 Å². The van der Waals surface area contributed by atoms with Gasteiger partial charge in [-0.2, -0.15) is 0 Å². The molecule has 0 radical (unpaired) electrons. The Kier molecular flexibility index (Phi) is 12.6. The zero-order chi connectivity index (χ0) is 25.0. The quantitative estimate of drug-likeness (QED) is 0.210. The molecule has 34 heavy (non-hydrogen) atoms. The van der Waals surface area contributed by atoms with E-state index in [9.17, 15) is 13.5 Å². The standard InChI is InChI=1S/C16H18NO3S.3C4H9.Sn/c1-2-17(16(13-18)14-9-5-3-6-10-14)21(19,20)15-11-7-4-8-12-15;3*1-3-4-2;/h2-12,16,18H,13H2,1H3;3*1,3-4H2,2H3;/t16-;;;;/m0..../s1. The molecule has 1 N–H and O–H groups in total. The molecule has 0 saturated heterocycles. The van der Waals surface area contributed by atoms with Crippen molar-refractivity contribution in [3.8, 4) is 0 Å². The first-order valence-electron chi connectivity index (χ1n) is 13.1. The second-order valence-electron chi connectivity index (χ2n) is 9.61. The van der Waals surface area contributed by atoms with Gasteiger partial charge in [-0.1, -0.05) is 0 Å². The molecule has 4 nitrogen and oxygen atoms in total. The third-order valence-corrected chi connectivity index (χ3v) is 27.3. The predicted molar refractivity (Wildman–Crippen MR) is 146 cm³/mol. The summed E-state index contributed by atoms with van der Waals surface area (Å²) in [5, 5.41) is 10.6. The van der Waals surface area contributed by atoms with Crippen molar-refractivity contribution in [3.05, 3.63) is 66.2 Å². The molecule has 0 aliphatic carbocycles. The zero-order valence-corrected chi connectivity index (χ0v) is 25.3. The van der Waals surface area contributed by atoms with Crippen LogP contribution < -0.4 is 0 Å². The van der Waals surface area contributed by atoms with Crippen LogP contribution in [0, 0.1) is 0 Å². The van der Waals surface area contributed by atoms with E-state index in [1.807, 2.05) is 36.4 Å². The monoisotopic (exact) mass is 595 g/mol. The van der Waals surface area contributed by atoms with Crippen LogP contribution in [0.1, 0.15) is 77.8 Å². The van der Waals surface area contributed by atoms with Crippen LogP contribution in [0.4, 0.5) is 0 Å². The van der Waals surface area contributed by atoms with Crippen LogP contribution in [-0.4, -0.2) is 46.9 Å².